The summed E-state index contributed by atoms with van der Waals surface area (Å²) in [4.78, 5) is 24.8. The fourth-order valence-corrected chi connectivity index (χ4v) is 2.63. The number of carboxylic acids is 1. The van der Waals surface area contributed by atoms with Gasteiger partial charge in [-0.15, -0.1) is 0 Å². The van der Waals surface area contributed by atoms with Crippen LogP contribution in [0.4, 0.5) is 4.79 Å². The average molecular weight is 306 g/mol. The molecule has 2 unspecified atom stereocenters. The molecule has 2 N–H and O–H groups in total. The highest BCUT2D eigenvalue weighted by Crippen LogP contribution is 2.25. The van der Waals surface area contributed by atoms with Crippen LogP contribution in [0.15, 0.2) is 24.3 Å². The van der Waals surface area contributed by atoms with Gasteiger partial charge in [-0.05, 0) is 26.3 Å². The smallest absolute Gasteiger partial charge is 0.317 e. The fourth-order valence-electron chi connectivity index (χ4n) is 2.63. The SMILES string of the molecule is CCOc1ccccc1C(C)NC(=O)N1CCC(C(=O)O)C1. The van der Waals surface area contributed by atoms with E-state index in [9.17, 15) is 9.59 Å². The normalized spacial score (nSPS) is 18.8. The van der Waals surface area contributed by atoms with Crippen LogP contribution in [-0.4, -0.2) is 41.7 Å². The molecule has 22 heavy (non-hydrogen) atoms. The van der Waals surface area contributed by atoms with Crippen molar-refractivity contribution in [3.05, 3.63) is 29.8 Å². The lowest BCUT2D eigenvalue weighted by molar-refractivity contribution is -0.141. The van der Waals surface area contributed by atoms with Crippen molar-refractivity contribution in [1.29, 1.82) is 0 Å². The average Bonchev–Trinajstić information content (AvgIpc) is 2.98. The Hall–Kier alpha value is -2.24. The molecule has 1 aromatic carbocycles. The minimum Gasteiger partial charge on any atom is -0.494 e. The molecule has 120 valence electrons. The van der Waals surface area contributed by atoms with Gasteiger partial charge in [-0.2, -0.15) is 0 Å². The van der Waals surface area contributed by atoms with Gasteiger partial charge in [0, 0.05) is 18.7 Å². The molecule has 1 aromatic rings. The molecule has 1 aliphatic heterocycles. The van der Waals surface area contributed by atoms with Crippen LogP contribution in [-0.2, 0) is 4.79 Å². The number of amides is 2. The van der Waals surface area contributed by atoms with Crippen LogP contribution in [0, 0.1) is 5.92 Å². The number of ether oxygens (including phenoxy) is 1. The van der Waals surface area contributed by atoms with Crippen LogP contribution in [0.1, 0.15) is 31.9 Å². The maximum atomic E-state index is 12.2. The Kier molecular flexibility index (Phi) is 5.25. The Morgan fingerprint density at radius 2 is 2.18 bits per heavy atom. The first kappa shape index (κ1) is 16.1. The molecule has 6 nitrogen and oxygen atoms in total. The summed E-state index contributed by atoms with van der Waals surface area (Å²) < 4.78 is 5.57. The molecule has 1 fully saturated rings. The second-order valence-corrected chi connectivity index (χ2v) is 5.41. The number of hydrogen-bond donors (Lipinski definition) is 2. The van der Waals surface area contributed by atoms with Gasteiger partial charge in [0.2, 0.25) is 0 Å². The van der Waals surface area contributed by atoms with Crippen LogP contribution >= 0.6 is 0 Å². The number of likely N-dealkylation sites (tertiary alicyclic amines) is 1. The summed E-state index contributed by atoms with van der Waals surface area (Å²) in [5.74, 6) is -0.551. The summed E-state index contributed by atoms with van der Waals surface area (Å²) in [6.07, 6.45) is 0.507. The third-order valence-electron chi connectivity index (χ3n) is 3.85. The molecule has 0 spiro atoms. The molecule has 1 saturated heterocycles. The summed E-state index contributed by atoms with van der Waals surface area (Å²) >= 11 is 0. The Labute approximate surface area is 130 Å². The number of rotatable bonds is 5. The Bertz CT molecular complexity index is 547. The van der Waals surface area contributed by atoms with E-state index >= 15 is 0 Å². The first-order valence-corrected chi connectivity index (χ1v) is 7.53. The molecule has 2 atom stereocenters. The molecular weight excluding hydrogens is 284 g/mol. The number of hydrogen-bond acceptors (Lipinski definition) is 3. The quantitative estimate of drug-likeness (QED) is 0.874. The zero-order chi connectivity index (χ0) is 16.1. The van der Waals surface area contributed by atoms with Crippen molar-refractivity contribution < 1.29 is 19.4 Å². The third-order valence-corrected chi connectivity index (χ3v) is 3.85. The molecule has 1 heterocycles. The summed E-state index contributed by atoms with van der Waals surface area (Å²) in [5.41, 5.74) is 0.909. The molecule has 0 aromatic heterocycles. The van der Waals surface area contributed by atoms with Gasteiger partial charge in [-0.3, -0.25) is 4.79 Å². The molecule has 0 aliphatic carbocycles. The number of carbonyl (C=O) groups excluding carboxylic acids is 1. The number of carboxylic acid groups (broad SMARTS) is 1. The standard InChI is InChI=1S/C16H22N2O4/c1-3-22-14-7-5-4-6-13(14)11(2)17-16(21)18-9-8-12(10-18)15(19)20/h4-7,11-12H,3,8-10H2,1-2H3,(H,17,21)(H,19,20). The van der Waals surface area contributed by atoms with Crippen LogP contribution in [0.25, 0.3) is 0 Å². The van der Waals surface area contributed by atoms with Gasteiger partial charge >= 0.3 is 12.0 Å². The van der Waals surface area contributed by atoms with Gasteiger partial charge in [0.1, 0.15) is 5.75 Å². The van der Waals surface area contributed by atoms with Gasteiger partial charge < -0.3 is 20.1 Å². The Morgan fingerprint density at radius 3 is 2.82 bits per heavy atom. The molecule has 2 amide bonds. The zero-order valence-electron chi connectivity index (χ0n) is 12.9. The van der Waals surface area contributed by atoms with E-state index < -0.39 is 11.9 Å². The highest BCUT2D eigenvalue weighted by molar-refractivity contribution is 5.77. The monoisotopic (exact) mass is 306 g/mol. The van der Waals surface area contributed by atoms with E-state index in [1.165, 1.54) is 0 Å². The second kappa shape index (κ2) is 7.15. The number of nitrogens with zero attached hydrogens (tertiary/aromatic N) is 1. The van der Waals surface area contributed by atoms with E-state index in [1.54, 1.807) is 4.90 Å². The van der Waals surface area contributed by atoms with Crippen LogP contribution in [0.2, 0.25) is 0 Å². The maximum absolute atomic E-state index is 12.2. The summed E-state index contributed by atoms with van der Waals surface area (Å²) in [7, 11) is 0. The van der Waals surface area contributed by atoms with Gasteiger partial charge in [-0.25, -0.2) is 4.79 Å². The number of nitrogens with one attached hydrogen (secondary N) is 1. The van der Waals surface area contributed by atoms with Gasteiger partial charge in [0.25, 0.3) is 0 Å². The number of urea groups is 1. The van der Waals surface area contributed by atoms with Gasteiger partial charge in [-0.1, -0.05) is 18.2 Å². The highest BCUT2D eigenvalue weighted by Gasteiger charge is 2.31. The number of benzene rings is 1. The number of para-hydroxylation sites is 1. The molecule has 6 heteroatoms. The number of aliphatic carboxylic acids is 1. The second-order valence-electron chi connectivity index (χ2n) is 5.41. The topological polar surface area (TPSA) is 78.9 Å². The minimum absolute atomic E-state index is 0.209. The van der Waals surface area contributed by atoms with Crippen molar-refractivity contribution in [1.82, 2.24) is 10.2 Å². The van der Waals surface area contributed by atoms with Gasteiger partial charge in [0.05, 0.1) is 18.6 Å². The predicted molar refractivity (Wildman–Crippen MR) is 81.9 cm³/mol. The van der Waals surface area contributed by atoms with Crippen molar-refractivity contribution >= 4 is 12.0 Å². The molecule has 0 bridgehead atoms. The maximum Gasteiger partial charge on any atom is 0.317 e. The third kappa shape index (κ3) is 3.69. The molecule has 1 aliphatic rings. The molecule has 0 radical (unpaired) electrons. The predicted octanol–water partition coefficient (Wildman–Crippen LogP) is 2.26. The van der Waals surface area contributed by atoms with Crippen molar-refractivity contribution in [2.24, 2.45) is 5.92 Å². The summed E-state index contributed by atoms with van der Waals surface area (Å²) in [6.45, 7) is 5.10. The van der Waals surface area contributed by atoms with Crippen LogP contribution < -0.4 is 10.1 Å². The minimum atomic E-state index is -0.843. The van der Waals surface area contributed by atoms with Crippen molar-refractivity contribution in [2.75, 3.05) is 19.7 Å². The highest BCUT2D eigenvalue weighted by atomic mass is 16.5. The number of carbonyl (C=O) groups is 2. The van der Waals surface area contributed by atoms with Crippen LogP contribution in [0.5, 0.6) is 5.75 Å². The fraction of sp³-hybridized carbons (Fsp3) is 0.500. The van der Waals surface area contributed by atoms with E-state index in [0.29, 0.717) is 19.6 Å². The Morgan fingerprint density at radius 1 is 1.45 bits per heavy atom. The first-order valence-electron chi connectivity index (χ1n) is 7.53. The van der Waals surface area contributed by atoms with Gasteiger partial charge in [0.15, 0.2) is 0 Å². The largest absolute Gasteiger partial charge is 0.494 e. The molecule has 2 rings (SSSR count). The van der Waals surface area contributed by atoms with Crippen LogP contribution in [0.3, 0.4) is 0 Å². The molecule has 0 saturated carbocycles. The Balaban J connectivity index is 1.99. The lowest BCUT2D eigenvalue weighted by Crippen LogP contribution is -2.40. The first-order chi connectivity index (χ1) is 10.5. The summed E-state index contributed by atoms with van der Waals surface area (Å²) in [6, 6.07) is 7.14. The van der Waals surface area contributed by atoms with E-state index in [4.69, 9.17) is 9.84 Å². The van der Waals surface area contributed by atoms with E-state index in [2.05, 4.69) is 5.32 Å². The van der Waals surface area contributed by atoms with Crippen molar-refractivity contribution in [2.45, 2.75) is 26.3 Å². The molecular formula is C16H22N2O4. The zero-order valence-corrected chi connectivity index (χ0v) is 12.9. The summed E-state index contributed by atoms with van der Waals surface area (Å²) in [5, 5.41) is 11.9. The van der Waals surface area contributed by atoms with E-state index in [1.807, 2.05) is 38.1 Å². The van der Waals surface area contributed by atoms with E-state index in [0.717, 1.165) is 11.3 Å². The van der Waals surface area contributed by atoms with Crippen molar-refractivity contribution in [3.8, 4) is 5.75 Å². The lowest BCUT2D eigenvalue weighted by atomic mass is 10.1. The van der Waals surface area contributed by atoms with E-state index in [-0.39, 0.29) is 18.6 Å². The van der Waals surface area contributed by atoms with Crippen molar-refractivity contribution in [3.63, 3.8) is 0 Å². The lowest BCUT2D eigenvalue weighted by Gasteiger charge is -2.22.